The summed E-state index contributed by atoms with van der Waals surface area (Å²) < 4.78 is 5.78. The standard InChI is InChI=1S/C25H21NO4/c27-24(28)17-12-11-16-6-5-13-26(23(16)14-17)25(29)30-15-22-20-9-3-1-7-18(20)19-8-2-4-10-21(19)22/h1-4,7-12,14,22H,5-6,13,15H2,(H,27,28). The summed E-state index contributed by atoms with van der Waals surface area (Å²) in [5, 5.41) is 9.31. The molecule has 5 nitrogen and oxygen atoms in total. The zero-order valence-electron chi connectivity index (χ0n) is 16.4. The minimum Gasteiger partial charge on any atom is -0.478 e. The Bertz CT molecular complexity index is 1110. The fraction of sp³-hybridized carbons (Fsp3) is 0.200. The van der Waals surface area contributed by atoms with E-state index in [1.54, 1.807) is 23.1 Å². The highest BCUT2D eigenvalue weighted by atomic mass is 16.6. The zero-order chi connectivity index (χ0) is 20.7. The van der Waals surface area contributed by atoms with E-state index in [9.17, 15) is 14.7 Å². The first kappa shape index (κ1) is 18.4. The smallest absolute Gasteiger partial charge is 0.414 e. The molecule has 1 amide bonds. The lowest BCUT2D eigenvalue weighted by atomic mass is 9.98. The van der Waals surface area contributed by atoms with Crippen molar-refractivity contribution < 1.29 is 19.4 Å². The Balaban J connectivity index is 1.39. The molecule has 0 radical (unpaired) electrons. The molecule has 2 aliphatic rings. The van der Waals surface area contributed by atoms with Gasteiger partial charge in [-0.25, -0.2) is 9.59 Å². The molecule has 5 heteroatoms. The molecule has 0 saturated heterocycles. The number of hydrogen-bond acceptors (Lipinski definition) is 3. The maximum atomic E-state index is 13.0. The second kappa shape index (κ2) is 7.34. The van der Waals surface area contributed by atoms with Gasteiger partial charge >= 0.3 is 12.1 Å². The van der Waals surface area contributed by atoms with E-state index in [0.29, 0.717) is 12.2 Å². The van der Waals surface area contributed by atoms with E-state index in [4.69, 9.17) is 4.74 Å². The van der Waals surface area contributed by atoms with Crippen LogP contribution in [0.2, 0.25) is 0 Å². The summed E-state index contributed by atoms with van der Waals surface area (Å²) in [4.78, 5) is 25.9. The minimum absolute atomic E-state index is 0.00374. The van der Waals surface area contributed by atoms with Crippen molar-refractivity contribution in [2.24, 2.45) is 0 Å². The minimum atomic E-state index is -1.00. The van der Waals surface area contributed by atoms with Gasteiger partial charge < -0.3 is 9.84 Å². The molecule has 1 N–H and O–H groups in total. The molecule has 3 aromatic carbocycles. The van der Waals surface area contributed by atoms with E-state index in [2.05, 4.69) is 24.3 Å². The summed E-state index contributed by atoms with van der Waals surface area (Å²) in [6.07, 6.45) is 1.21. The van der Waals surface area contributed by atoms with Crippen LogP contribution in [0.3, 0.4) is 0 Å². The lowest BCUT2D eigenvalue weighted by Gasteiger charge is -2.29. The number of aryl methyl sites for hydroxylation is 1. The number of ether oxygens (including phenoxy) is 1. The second-order valence-electron chi connectivity index (χ2n) is 7.71. The maximum absolute atomic E-state index is 13.0. The highest BCUT2D eigenvalue weighted by Crippen LogP contribution is 2.44. The van der Waals surface area contributed by atoms with Crippen molar-refractivity contribution >= 4 is 17.7 Å². The Morgan fingerprint density at radius 3 is 2.30 bits per heavy atom. The molecule has 0 spiro atoms. The monoisotopic (exact) mass is 399 g/mol. The van der Waals surface area contributed by atoms with Crippen LogP contribution in [-0.4, -0.2) is 30.3 Å². The normalized spacial score (nSPS) is 14.6. The van der Waals surface area contributed by atoms with Crippen molar-refractivity contribution in [3.05, 3.63) is 89.0 Å². The summed E-state index contributed by atoms with van der Waals surface area (Å²) in [7, 11) is 0. The molecule has 150 valence electrons. The van der Waals surface area contributed by atoms with E-state index < -0.39 is 12.1 Å². The highest BCUT2D eigenvalue weighted by molar-refractivity contribution is 5.94. The van der Waals surface area contributed by atoms with Gasteiger partial charge in [0.2, 0.25) is 0 Å². The van der Waals surface area contributed by atoms with Gasteiger partial charge in [-0.05, 0) is 52.8 Å². The third-order valence-electron chi connectivity index (χ3n) is 6.01. The van der Waals surface area contributed by atoms with Crippen molar-refractivity contribution in [1.82, 2.24) is 0 Å². The molecular weight excluding hydrogens is 378 g/mol. The number of aromatic carboxylic acids is 1. The van der Waals surface area contributed by atoms with Crippen LogP contribution < -0.4 is 4.90 Å². The summed E-state index contributed by atoms with van der Waals surface area (Å²) in [5.41, 5.74) is 6.48. The van der Waals surface area contributed by atoms with E-state index in [1.165, 1.54) is 22.3 Å². The largest absolute Gasteiger partial charge is 0.478 e. The van der Waals surface area contributed by atoms with Gasteiger partial charge in [0, 0.05) is 12.5 Å². The number of carboxylic acids is 1. The fourth-order valence-corrected chi connectivity index (χ4v) is 4.57. The first-order chi connectivity index (χ1) is 14.6. The average molecular weight is 399 g/mol. The number of nitrogens with zero attached hydrogens (tertiary/aromatic N) is 1. The van der Waals surface area contributed by atoms with Crippen molar-refractivity contribution in [3.63, 3.8) is 0 Å². The number of carbonyl (C=O) groups is 2. The van der Waals surface area contributed by atoms with E-state index in [0.717, 1.165) is 18.4 Å². The van der Waals surface area contributed by atoms with Gasteiger partial charge in [-0.3, -0.25) is 4.90 Å². The Hall–Kier alpha value is -3.60. The molecule has 1 aliphatic heterocycles. The van der Waals surface area contributed by atoms with Crippen LogP contribution >= 0.6 is 0 Å². The van der Waals surface area contributed by atoms with Crippen LogP contribution in [0.5, 0.6) is 0 Å². The Labute approximate surface area is 174 Å². The van der Waals surface area contributed by atoms with Crippen LogP contribution in [-0.2, 0) is 11.2 Å². The average Bonchev–Trinajstić information content (AvgIpc) is 3.10. The number of fused-ring (bicyclic) bond motifs is 4. The number of anilines is 1. The third-order valence-corrected chi connectivity index (χ3v) is 6.01. The SMILES string of the molecule is O=C(O)c1ccc2c(c1)N(C(=O)OCC1c3ccccc3-c3ccccc31)CCC2. The Morgan fingerprint density at radius 2 is 1.63 bits per heavy atom. The van der Waals surface area contributed by atoms with Gasteiger partial charge in [0.15, 0.2) is 0 Å². The molecule has 1 heterocycles. The molecule has 30 heavy (non-hydrogen) atoms. The number of carboxylic acid groups (broad SMARTS) is 1. The van der Waals surface area contributed by atoms with Crippen LogP contribution in [0.15, 0.2) is 66.7 Å². The first-order valence-electron chi connectivity index (χ1n) is 10.1. The molecule has 5 rings (SSSR count). The van der Waals surface area contributed by atoms with Gasteiger partial charge in [-0.2, -0.15) is 0 Å². The van der Waals surface area contributed by atoms with Crippen molar-refractivity contribution in [2.75, 3.05) is 18.1 Å². The molecule has 0 fully saturated rings. The summed E-state index contributed by atoms with van der Waals surface area (Å²) in [6.45, 7) is 0.768. The van der Waals surface area contributed by atoms with E-state index in [-0.39, 0.29) is 18.1 Å². The fourth-order valence-electron chi connectivity index (χ4n) is 4.57. The molecule has 0 aromatic heterocycles. The predicted octanol–water partition coefficient (Wildman–Crippen LogP) is 5.09. The van der Waals surface area contributed by atoms with Crippen molar-refractivity contribution in [3.8, 4) is 11.1 Å². The first-order valence-corrected chi connectivity index (χ1v) is 10.1. The topological polar surface area (TPSA) is 66.8 Å². The predicted molar refractivity (Wildman–Crippen MR) is 114 cm³/mol. The molecule has 0 unspecified atom stereocenters. The van der Waals surface area contributed by atoms with Crippen LogP contribution in [0.1, 0.15) is 39.4 Å². The third kappa shape index (κ3) is 3.03. The van der Waals surface area contributed by atoms with Crippen molar-refractivity contribution in [2.45, 2.75) is 18.8 Å². The summed E-state index contributed by atoms with van der Waals surface area (Å²) >= 11 is 0. The van der Waals surface area contributed by atoms with E-state index in [1.807, 2.05) is 24.3 Å². The highest BCUT2D eigenvalue weighted by Gasteiger charge is 2.31. The number of rotatable bonds is 3. The number of benzene rings is 3. The zero-order valence-corrected chi connectivity index (χ0v) is 16.4. The van der Waals surface area contributed by atoms with E-state index >= 15 is 0 Å². The molecule has 0 bridgehead atoms. The lowest BCUT2D eigenvalue weighted by molar-refractivity contribution is 0.0696. The second-order valence-corrected chi connectivity index (χ2v) is 7.71. The number of amides is 1. The van der Waals surface area contributed by atoms with Gasteiger partial charge in [-0.1, -0.05) is 54.6 Å². The van der Waals surface area contributed by atoms with Crippen molar-refractivity contribution in [1.29, 1.82) is 0 Å². The molecule has 0 saturated carbocycles. The molecular formula is C25H21NO4. The van der Waals surface area contributed by atoms with Gasteiger partial charge in [-0.15, -0.1) is 0 Å². The van der Waals surface area contributed by atoms with Crippen LogP contribution in [0, 0.1) is 0 Å². The molecule has 1 aliphatic carbocycles. The van der Waals surface area contributed by atoms with Gasteiger partial charge in [0.25, 0.3) is 0 Å². The summed E-state index contributed by atoms with van der Waals surface area (Å²) in [5.74, 6) is -1.01. The van der Waals surface area contributed by atoms with Gasteiger partial charge in [0.1, 0.15) is 6.61 Å². The maximum Gasteiger partial charge on any atom is 0.414 e. The van der Waals surface area contributed by atoms with Crippen LogP contribution in [0.25, 0.3) is 11.1 Å². The molecule has 0 atom stereocenters. The molecule has 3 aromatic rings. The van der Waals surface area contributed by atoms with Gasteiger partial charge in [0.05, 0.1) is 11.3 Å². The van der Waals surface area contributed by atoms with Crippen LogP contribution in [0.4, 0.5) is 10.5 Å². The Morgan fingerprint density at radius 1 is 0.967 bits per heavy atom. The number of hydrogen-bond donors (Lipinski definition) is 1. The Kier molecular flexibility index (Phi) is 4.51. The lowest BCUT2D eigenvalue weighted by Crippen LogP contribution is -2.36. The quantitative estimate of drug-likeness (QED) is 0.666. The number of carbonyl (C=O) groups excluding carboxylic acids is 1. The summed E-state index contributed by atoms with van der Waals surface area (Å²) in [6, 6.07) is 21.4.